The molecule has 0 spiro atoms. The van der Waals surface area contributed by atoms with Crippen LogP contribution in [0.1, 0.15) is 105 Å². The van der Waals surface area contributed by atoms with Crippen LogP contribution < -0.4 is 0 Å². The van der Waals surface area contributed by atoms with E-state index in [1.54, 1.807) is 0 Å². The van der Waals surface area contributed by atoms with E-state index >= 15 is 0 Å². The molecule has 0 bridgehead atoms. The van der Waals surface area contributed by atoms with Gasteiger partial charge in [0.2, 0.25) is 11.8 Å². The minimum absolute atomic E-state index is 0.0123. The summed E-state index contributed by atoms with van der Waals surface area (Å²) in [4.78, 5) is 19.8. The Morgan fingerprint density at radius 3 is 1.09 bits per heavy atom. The molecule has 6 nitrogen and oxygen atoms in total. The van der Waals surface area contributed by atoms with Crippen molar-refractivity contribution in [3.05, 3.63) is 180 Å². The Kier molecular flexibility index (Phi) is 11.4. The van der Waals surface area contributed by atoms with E-state index < -0.39 is 0 Å². The highest BCUT2D eigenvalue weighted by Gasteiger charge is 2.29. The van der Waals surface area contributed by atoms with Gasteiger partial charge in [-0.2, -0.15) is 0 Å². The summed E-state index contributed by atoms with van der Waals surface area (Å²) < 4.78 is 12.8. The number of rotatable bonds is 7. The molecule has 0 unspecified atom stereocenters. The number of fused-ring (bicyclic) bond motifs is 2. The lowest BCUT2D eigenvalue weighted by Crippen LogP contribution is -2.21. The molecule has 0 amide bonds. The fourth-order valence-corrected chi connectivity index (χ4v) is 9.52. The summed E-state index contributed by atoms with van der Waals surface area (Å²) >= 11 is 0. The third kappa shape index (κ3) is 9.11. The topological polar surface area (TPSA) is 77.8 Å². The van der Waals surface area contributed by atoms with Crippen molar-refractivity contribution in [3.63, 3.8) is 0 Å². The zero-order valence-electron chi connectivity index (χ0n) is 42.6. The molecule has 350 valence electrons. The molecule has 10 rings (SSSR count). The molecule has 0 fully saturated rings. The molecule has 0 saturated heterocycles. The highest BCUT2D eigenvalue weighted by Crippen LogP contribution is 2.41. The third-order valence-electron chi connectivity index (χ3n) is 13.4. The van der Waals surface area contributed by atoms with E-state index in [0.29, 0.717) is 11.8 Å². The Hall–Kier alpha value is -7.44. The van der Waals surface area contributed by atoms with Gasteiger partial charge in [-0.05, 0) is 145 Å². The van der Waals surface area contributed by atoms with E-state index in [2.05, 4.69) is 222 Å². The van der Waals surface area contributed by atoms with Crippen molar-refractivity contribution in [1.29, 1.82) is 0 Å². The van der Waals surface area contributed by atoms with Crippen molar-refractivity contribution in [1.82, 2.24) is 19.9 Å². The van der Waals surface area contributed by atoms with Gasteiger partial charge in [0.05, 0.1) is 17.1 Å². The Bertz CT molecular complexity index is 3410. The quantitative estimate of drug-likeness (QED) is 0.158. The molecule has 0 N–H and O–H groups in total. The van der Waals surface area contributed by atoms with Gasteiger partial charge in [-0.1, -0.05) is 162 Å². The van der Waals surface area contributed by atoms with Gasteiger partial charge >= 0.3 is 0 Å². The van der Waals surface area contributed by atoms with Crippen LogP contribution in [0.2, 0.25) is 0 Å². The van der Waals surface area contributed by atoms with Crippen molar-refractivity contribution < 1.29 is 8.83 Å². The van der Waals surface area contributed by atoms with E-state index in [1.165, 1.54) is 22.3 Å². The summed E-state index contributed by atoms with van der Waals surface area (Å²) in [6.45, 7) is 27.1. The monoisotopic (exact) mass is 918 g/mol. The van der Waals surface area contributed by atoms with E-state index in [-0.39, 0.29) is 21.7 Å². The largest absolute Gasteiger partial charge is 0.436 e. The summed E-state index contributed by atoms with van der Waals surface area (Å²) in [6.07, 6.45) is 1.81. The average molecular weight is 919 g/mol. The SMILES string of the molecule is CC(C)(C)c1cc2nc(-c3ccc(-c4ccc(-c5ccc(-c6ccccn6)nc5-c5ccc(-c6ccc(-c7nc8cc(C(C)(C)C)c(C(C)(C)C)cc8o7)cc6)cc5)cc4)cc3)oc2cc1C(C)(C)C. The Balaban J connectivity index is 0.914. The first-order valence-corrected chi connectivity index (χ1v) is 24.4. The maximum atomic E-state index is 6.41. The predicted octanol–water partition coefficient (Wildman–Crippen LogP) is 17.6. The molecule has 0 radical (unpaired) electrons. The highest BCUT2D eigenvalue weighted by atomic mass is 16.4. The summed E-state index contributed by atoms with van der Waals surface area (Å²) in [7, 11) is 0. The molecular weight excluding hydrogens is 857 g/mol. The van der Waals surface area contributed by atoms with Crippen molar-refractivity contribution in [3.8, 4) is 78.9 Å². The molecular formula is C64H62N4O2. The molecule has 0 aliphatic carbocycles. The molecule has 0 saturated carbocycles. The second kappa shape index (κ2) is 17.2. The van der Waals surface area contributed by atoms with Crippen LogP contribution in [-0.2, 0) is 21.7 Å². The van der Waals surface area contributed by atoms with Crippen LogP contribution >= 0.6 is 0 Å². The normalized spacial score (nSPS) is 12.6. The standard InChI is InChI=1S/C64H62N4O2/c1-61(2,3)48-35-54-56(37-50(48)63(7,8)9)69-59(67-54)45-28-20-41(21-29-45)39-16-24-43(25-17-39)47-32-33-53(52-15-13-14-34-65-52)66-58(47)44-26-18-40(19-27-44)42-22-30-46(31-23-42)60-68-55-36-49(62(4,5)6)51(64(10,11)12)38-57(55)70-60/h13-38H,1-12H3. The van der Waals surface area contributed by atoms with Gasteiger partial charge in [-0.15, -0.1) is 0 Å². The first-order chi connectivity index (χ1) is 33.2. The summed E-state index contributed by atoms with van der Waals surface area (Å²) in [6, 6.07) is 53.3. The minimum atomic E-state index is -0.0201. The second-order valence-corrected chi connectivity index (χ2v) is 22.9. The lowest BCUT2D eigenvalue weighted by atomic mass is 9.75. The van der Waals surface area contributed by atoms with Crippen LogP contribution in [0.5, 0.6) is 0 Å². The van der Waals surface area contributed by atoms with Gasteiger partial charge in [0.1, 0.15) is 11.0 Å². The number of nitrogens with zero attached hydrogens (tertiary/aromatic N) is 4. The minimum Gasteiger partial charge on any atom is -0.436 e. The van der Waals surface area contributed by atoms with Crippen LogP contribution in [0.15, 0.2) is 167 Å². The van der Waals surface area contributed by atoms with Crippen LogP contribution in [0.4, 0.5) is 0 Å². The molecule has 0 atom stereocenters. The van der Waals surface area contributed by atoms with E-state index in [0.717, 1.165) is 89.4 Å². The lowest BCUT2D eigenvalue weighted by molar-refractivity contribution is 0.529. The Morgan fingerprint density at radius 2 is 0.700 bits per heavy atom. The fraction of sp³-hybridized carbons (Fsp3) is 0.250. The van der Waals surface area contributed by atoms with Crippen molar-refractivity contribution in [2.45, 2.75) is 105 Å². The molecule has 6 aromatic carbocycles. The summed E-state index contributed by atoms with van der Waals surface area (Å²) in [5.41, 5.74) is 20.5. The zero-order valence-corrected chi connectivity index (χ0v) is 42.6. The molecule has 0 aliphatic heterocycles. The van der Waals surface area contributed by atoms with Gasteiger partial charge in [0.15, 0.2) is 11.2 Å². The molecule has 70 heavy (non-hydrogen) atoms. The predicted molar refractivity (Wildman–Crippen MR) is 290 cm³/mol. The molecule has 4 heterocycles. The Labute approximate surface area is 413 Å². The number of pyridine rings is 2. The van der Waals surface area contributed by atoms with E-state index in [9.17, 15) is 0 Å². The Morgan fingerprint density at radius 1 is 0.329 bits per heavy atom. The maximum absolute atomic E-state index is 6.41. The first kappa shape index (κ1) is 46.3. The number of benzene rings is 6. The summed E-state index contributed by atoms with van der Waals surface area (Å²) in [5, 5.41) is 0. The van der Waals surface area contributed by atoms with Gasteiger partial charge in [0, 0.05) is 28.5 Å². The fourth-order valence-electron chi connectivity index (χ4n) is 9.52. The first-order valence-electron chi connectivity index (χ1n) is 24.4. The summed E-state index contributed by atoms with van der Waals surface area (Å²) in [5.74, 6) is 1.25. The van der Waals surface area contributed by atoms with Gasteiger partial charge in [0.25, 0.3) is 0 Å². The van der Waals surface area contributed by atoms with Gasteiger partial charge in [-0.25, -0.2) is 15.0 Å². The zero-order chi connectivity index (χ0) is 49.3. The van der Waals surface area contributed by atoms with Crippen LogP contribution in [-0.4, -0.2) is 19.9 Å². The molecule has 0 aliphatic rings. The molecule has 10 aromatic rings. The highest BCUT2D eigenvalue weighted by molar-refractivity contribution is 5.86. The van der Waals surface area contributed by atoms with Gasteiger partial charge < -0.3 is 8.83 Å². The maximum Gasteiger partial charge on any atom is 0.227 e. The van der Waals surface area contributed by atoms with Crippen molar-refractivity contribution in [2.75, 3.05) is 0 Å². The van der Waals surface area contributed by atoms with Crippen molar-refractivity contribution >= 4 is 22.2 Å². The van der Waals surface area contributed by atoms with Crippen LogP contribution in [0.3, 0.4) is 0 Å². The van der Waals surface area contributed by atoms with Crippen molar-refractivity contribution in [2.24, 2.45) is 0 Å². The lowest BCUT2D eigenvalue weighted by Gasteiger charge is -2.29. The van der Waals surface area contributed by atoms with E-state index in [4.69, 9.17) is 23.8 Å². The van der Waals surface area contributed by atoms with Crippen LogP contribution in [0.25, 0.3) is 101 Å². The smallest absolute Gasteiger partial charge is 0.227 e. The van der Waals surface area contributed by atoms with Crippen LogP contribution in [0, 0.1) is 0 Å². The van der Waals surface area contributed by atoms with E-state index in [1.807, 2.05) is 24.4 Å². The number of hydrogen-bond acceptors (Lipinski definition) is 6. The average Bonchev–Trinajstić information content (AvgIpc) is 3.97. The number of aromatic nitrogens is 4. The second-order valence-electron chi connectivity index (χ2n) is 22.9. The van der Waals surface area contributed by atoms with Gasteiger partial charge in [-0.3, -0.25) is 4.98 Å². The third-order valence-corrected chi connectivity index (χ3v) is 13.4. The molecule has 4 aromatic heterocycles. The number of oxazole rings is 2. The molecule has 6 heteroatoms. The number of hydrogen-bond donors (Lipinski definition) is 0.